The van der Waals surface area contributed by atoms with E-state index in [0.717, 1.165) is 46.2 Å². The number of aromatic nitrogens is 2. The van der Waals surface area contributed by atoms with Crippen LogP contribution in [-0.4, -0.2) is 45.6 Å². The molecule has 0 radical (unpaired) electrons. The van der Waals surface area contributed by atoms with E-state index in [1.807, 2.05) is 0 Å². The Labute approximate surface area is 186 Å². The van der Waals surface area contributed by atoms with Crippen molar-refractivity contribution >= 4 is 46.7 Å². The predicted molar refractivity (Wildman–Crippen MR) is 120 cm³/mol. The summed E-state index contributed by atoms with van der Waals surface area (Å²) in [6, 6.07) is 0.649. The fourth-order valence-corrected chi connectivity index (χ4v) is 6.56. The average Bonchev–Trinajstić information content (AvgIpc) is 3.16. The fourth-order valence-electron chi connectivity index (χ4n) is 3.92. The second-order valence-corrected chi connectivity index (χ2v) is 11.9. The molecule has 1 aromatic heterocycles. The molecule has 29 heavy (non-hydrogen) atoms. The van der Waals surface area contributed by atoms with Gasteiger partial charge in [0.15, 0.2) is 8.68 Å². The van der Waals surface area contributed by atoms with Gasteiger partial charge < -0.3 is 10.6 Å². The summed E-state index contributed by atoms with van der Waals surface area (Å²) < 4.78 is 1.56. The normalized spacial score (nSPS) is 27.4. The lowest BCUT2D eigenvalue weighted by atomic mass is 9.87. The van der Waals surface area contributed by atoms with E-state index in [9.17, 15) is 9.59 Å². The van der Waals surface area contributed by atoms with Crippen LogP contribution in [0.3, 0.4) is 0 Å². The highest BCUT2D eigenvalue weighted by Crippen LogP contribution is 2.29. The SMILES string of the molecule is CC1CCC(NC(=O)CSc2nnc(SCC(=O)NC3CCC(C)CC3)s2)CC1. The topological polar surface area (TPSA) is 84.0 Å². The Balaban J connectivity index is 1.31. The van der Waals surface area contributed by atoms with Crippen molar-refractivity contribution in [3.63, 3.8) is 0 Å². The molecule has 2 amide bonds. The van der Waals surface area contributed by atoms with Crippen LogP contribution in [0.15, 0.2) is 8.68 Å². The van der Waals surface area contributed by atoms with Crippen LogP contribution in [0, 0.1) is 11.8 Å². The van der Waals surface area contributed by atoms with Crippen LogP contribution in [0.2, 0.25) is 0 Å². The number of carbonyl (C=O) groups excluding carboxylic acids is 2. The first-order chi connectivity index (χ1) is 14.0. The third-order valence-corrected chi connectivity index (χ3v) is 8.99. The van der Waals surface area contributed by atoms with E-state index in [1.54, 1.807) is 0 Å². The van der Waals surface area contributed by atoms with Gasteiger partial charge in [0.25, 0.3) is 0 Å². The Morgan fingerprint density at radius 1 is 0.793 bits per heavy atom. The molecule has 2 saturated carbocycles. The number of rotatable bonds is 8. The molecule has 0 spiro atoms. The number of nitrogens with one attached hydrogen (secondary N) is 2. The van der Waals surface area contributed by atoms with Gasteiger partial charge in [0.05, 0.1) is 11.5 Å². The van der Waals surface area contributed by atoms with E-state index in [1.165, 1.54) is 60.5 Å². The van der Waals surface area contributed by atoms with Crippen molar-refractivity contribution in [1.29, 1.82) is 0 Å². The van der Waals surface area contributed by atoms with E-state index in [-0.39, 0.29) is 11.8 Å². The molecule has 0 bridgehead atoms. The van der Waals surface area contributed by atoms with Gasteiger partial charge in [-0.3, -0.25) is 9.59 Å². The quantitative estimate of drug-likeness (QED) is 0.573. The maximum absolute atomic E-state index is 12.2. The van der Waals surface area contributed by atoms with E-state index in [0.29, 0.717) is 23.6 Å². The van der Waals surface area contributed by atoms with E-state index >= 15 is 0 Å². The molecule has 6 nitrogen and oxygen atoms in total. The van der Waals surface area contributed by atoms with Gasteiger partial charge in [-0.1, -0.05) is 48.7 Å². The number of hydrogen-bond donors (Lipinski definition) is 2. The first-order valence-corrected chi connectivity index (χ1v) is 13.4. The molecule has 3 rings (SSSR count). The van der Waals surface area contributed by atoms with Crippen molar-refractivity contribution in [2.45, 2.75) is 86.0 Å². The van der Waals surface area contributed by atoms with Crippen LogP contribution in [0.1, 0.15) is 65.2 Å². The number of amides is 2. The third-order valence-electron chi connectivity index (χ3n) is 5.80. The molecular weight excluding hydrogens is 424 g/mol. The highest BCUT2D eigenvalue weighted by atomic mass is 32.2. The molecule has 2 fully saturated rings. The molecular formula is C20H32N4O2S3. The van der Waals surface area contributed by atoms with Gasteiger partial charge in [-0.25, -0.2) is 0 Å². The largest absolute Gasteiger partial charge is 0.353 e. The molecule has 0 atom stereocenters. The zero-order valence-corrected chi connectivity index (χ0v) is 19.8. The number of thioether (sulfide) groups is 2. The summed E-state index contributed by atoms with van der Waals surface area (Å²) in [6.07, 6.45) is 9.12. The molecule has 0 saturated heterocycles. The van der Waals surface area contributed by atoms with Gasteiger partial charge in [0.2, 0.25) is 11.8 Å². The van der Waals surface area contributed by atoms with Crippen LogP contribution in [0.25, 0.3) is 0 Å². The van der Waals surface area contributed by atoms with Crippen LogP contribution in [0.4, 0.5) is 0 Å². The molecule has 9 heteroatoms. The lowest BCUT2D eigenvalue weighted by Gasteiger charge is -2.26. The lowest BCUT2D eigenvalue weighted by Crippen LogP contribution is -2.38. The summed E-state index contributed by atoms with van der Waals surface area (Å²) >= 11 is 4.29. The average molecular weight is 457 g/mol. The molecule has 1 aromatic rings. The van der Waals surface area contributed by atoms with E-state index in [4.69, 9.17) is 0 Å². The minimum absolute atomic E-state index is 0.0696. The lowest BCUT2D eigenvalue weighted by molar-refractivity contribution is -0.120. The van der Waals surface area contributed by atoms with Gasteiger partial charge in [0.1, 0.15) is 0 Å². The van der Waals surface area contributed by atoms with Gasteiger partial charge >= 0.3 is 0 Å². The molecule has 1 heterocycles. The number of carbonyl (C=O) groups is 2. The smallest absolute Gasteiger partial charge is 0.230 e. The van der Waals surface area contributed by atoms with Gasteiger partial charge in [-0.05, 0) is 63.2 Å². The van der Waals surface area contributed by atoms with Crippen molar-refractivity contribution in [1.82, 2.24) is 20.8 Å². The Bertz CT molecular complexity index is 614. The Morgan fingerprint density at radius 3 is 1.55 bits per heavy atom. The van der Waals surface area contributed by atoms with Gasteiger partial charge in [0, 0.05) is 12.1 Å². The number of nitrogens with zero attached hydrogens (tertiary/aromatic N) is 2. The first-order valence-electron chi connectivity index (χ1n) is 10.7. The second kappa shape index (κ2) is 11.6. The predicted octanol–water partition coefficient (Wildman–Crippen LogP) is 4.11. The van der Waals surface area contributed by atoms with Crippen LogP contribution >= 0.6 is 34.9 Å². The summed E-state index contributed by atoms with van der Waals surface area (Å²) in [5.74, 6) is 2.43. The highest BCUT2D eigenvalue weighted by molar-refractivity contribution is 8.03. The molecule has 2 aliphatic carbocycles. The monoisotopic (exact) mass is 456 g/mol. The maximum atomic E-state index is 12.2. The van der Waals surface area contributed by atoms with Gasteiger partial charge in [-0.15, -0.1) is 10.2 Å². The Kier molecular flexibility index (Phi) is 9.11. The standard InChI is InChI=1S/C20H32N4O2S3/c1-13-3-7-15(8-4-13)21-17(25)11-27-19-23-24-20(29-19)28-12-18(26)22-16-9-5-14(2)6-10-16/h13-16H,3-12H2,1-2H3,(H,21,25)(H,22,26). The molecule has 0 aromatic carbocycles. The van der Waals surface area contributed by atoms with Crippen LogP contribution in [-0.2, 0) is 9.59 Å². The zero-order chi connectivity index (χ0) is 20.6. The minimum Gasteiger partial charge on any atom is -0.353 e. The second-order valence-electron chi connectivity index (χ2n) is 8.46. The third kappa shape index (κ3) is 8.09. The zero-order valence-electron chi connectivity index (χ0n) is 17.3. The Hall–Kier alpha value is -0.800. The molecule has 2 N–H and O–H groups in total. The van der Waals surface area contributed by atoms with Crippen molar-refractivity contribution in [3.05, 3.63) is 0 Å². The van der Waals surface area contributed by atoms with Crippen LogP contribution in [0.5, 0.6) is 0 Å². The van der Waals surface area contributed by atoms with Crippen molar-refractivity contribution < 1.29 is 9.59 Å². The summed E-state index contributed by atoms with van der Waals surface area (Å²) in [4.78, 5) is 24.3. The minimum atomic E-state index is 0.0696. The molecule has 0 unspecified atom stereocenters. The van der Waals surface area contributed by atoms with E-state index in [2.05, 4.69) is 34.7 Å². The summed E-state index contributed by atoms with van der Waals surface area (Å²) in [5.41, 5.74) is 0. The summed E-state index contributed by atoms with van der Waals surface area (Å²) in [5, 5.41) is 14.6. The molecule has 162 valence electrons. The van der Waals surface area contributed by atoms with Crippen molar-refractivity contribution in [2.24, 2.45) is 11.8 Å². The Morgan fingerprint density at radius 2 is 1.17 bits per heavy atom. The van der Waals surface area contributed by atoms with Crippen molar-refractivity contribution in [2.75, 3.05) is 11.5 Å². The fraction of sp³-hybridized carbons (Fsp3) is 0.800. The molecule has 2 aliphatic rings. The highest BCUT2D eigenvalue weighted by Gasteiger charge is 2.21. The summed E-state index contributed by atoms with van der Waals surface area (Å²) in [7, 11) is 0. The van der Waals surface area contributed by atoms with Crippen molar-refractivity contribution in [3.8, 4) is 0 Å². The molecule has 0 aliphatic heterocycles. The number of hydrogen-bond acceptors (Lipinski definition) is 7. The maximum Gasteiger partial charge on any atom is 0.230 e. The first kappa shape index (κ1) is 22.9. The van der Waals surface area contributed by atoms with E-state index < -0.39 is 0 Å². The van der Waals surface area contributed by atoms with Gasteiger partial charge in [-0.2, -0.15) is 0 Å². The van der Waals surface area contributed by atoms with Crippen LogP contribution < -0.4 is 10.6 Å². The summed E-state index contributed by atoms with van der Waals surface area (Å²) in [6.45, 7) is 4.55.